The largest absolute Gasteiger partial charge is 0.493 e. The van der Waals surface area contributed by atoms with Crippen LogP contribution in [0, 0.1) is 5.92 Å². The first kappa shape index (κ1) is 18.8. The third-order valence-corrected chi connectivity index (χ3v) is 4.35. The van der Waals surface area contributed by atoms with Crippen molar-refractivity contribution in [1.82, 2.24) is 5.32 Å². The molecule has 0 radical (unpaired) electrons. The van der Waals surface area contributed by atoms with Gasteiger partial charge in [-0.25, -0.2) is 4.79 Å². The van der Waals surface area contributed by atoms with Crippen LogP contribution < -0.4 is 14.8 Å². The average Bonchev–Trinajstić information content (AvgIpc) is 3.55. The number of amides is 1. The second-order valence-corrected chi connectivity index (χ2v) is 6.39. The van der Waals surface area contributed by atoms with Crippen LogP contribution in [0.15, 0.2) is 54.6 Å². The summed E-state index contributed by atoms with van der Waals surface area (Å²) in [6, 6.07) is 16.8. The number of ether oxygens (including phenoxy) is 3. The summed E-state index contributed by atoms with van der Waals surface area (Å²) in [5, 5.41) is 2.97. The molecule has 3 rings (SSSR count). The fourth-order valence-corrected chi connectivity index (χ4v) is 2.84. The molecule has 0 heterocycles. The van der Waals surface area contributed by atoms with E-state index in [1.54, 1.807) is 24.3 Å². The van der Waals surface area contributed by atoms with Crippen molar-refractivity contribution in [2.45, 2.75) is 18.9 Å². The van der Waals surface area contributed by atoms with Crippen molar-refractivity contribution >= 4 is 11.9 Å². The fraction of sp³-hybridized carbons (Fsp3) is 0.333. The third-order valence-electron chi connectivity index (χ3n) is 4.35. The summed E-state index contributed by atoms with van der Waals surface area (Å²) in [6.45, 7) is -0.622. The van der Waals surface area contributed by atoms with E-state index in [-0.39, 0.29) is 25.2 Å². The maximum Gasteiger partial charge on any atom is 0.344 e. The number of rotatable bonds is 9. The molecule has 0 aromatic heterocycles. The van der Waals surface area contributed by atoms with Crippen LogP contribution in [0.1, 0.15) is 24.4 Å². The monoisotopic (exact) mass is 369 g/mol. The molecule has 1 N–H and O–H groups in total. The highest BCUT2D eigenvalue weighted by Gasteiger charge is 2.33. The molecule has 1 saturated carbocycles. The van der Waals surface area contributed by atoms with E-state index in [9.17, 15) is 9.59 Å². The number of methoxy groups -OCH3 is 1. The van der Waals surface area contributed by atoms with Gasteiger partial charge in [-0.05, 0) is 36.5 Å². The fourth-order valence-electron chi connectivity index (χ4n) is 2.84. The van der Waals surface area contributed by atoms with Gasteiger partial charge in [-0.15, -0.1) is 0 Å². The molecule has 142 valence electrons. The Balaban J connectivity index is 1.45. The maximum absolute atomic E-state index is 12.2. The van der Waals surface area contributed by atoms with Gasteiger partial charge >= 0.3 is 5.97 Å². The standard InChI is InChI=1S/C21H23NO5/c1-25-17-9-5-6-10-18(17)26-14-20(24)27-13-19(23)22-21(16-11-12-16)15-7-3-2-4-8-15/h2-10,16,21H,11-14H2,1H3,(H,22,23). The number of nitrogens with one attached hydrogen (secondary N) is 1. The highest BCUT2D eigenvalue weighted by molar-refractivity contribution is 5.81. The molecule has 2 aromatic carbocycles. The van der Waals surface area contributed by atoms with Gasteiger partial charge in [-0.1, -0.05) is 42.5 Å². The van der Waals surface area contributed by atoms with E-state index in [0.717, 1.165) is 18.4 Å². The van der Waals surface area contributed by atoms with Gasteiger partial charge in [0, 0.05) is 0 Å². The Morgan fingerprint density at radius 1 is 1.00 bits per heavy atom. The Labute approximate surface area is 158 Å². The molecule has 1 aliphatic rings. The molecule has 1 atom stereocenters. The van der Waals surface area contributed by atoms with Gasteiger partial charge in [-0.2, -0.15) is 0 Å². The number of para-hydroxylation sites is 2. The van der Waals surface area contributed by atoms with Crippen LogP contribution in [0.5, 0.6) is 11.5 Å². The summed E-state index contributed by atoms with van der Waals surface area (Å²) in [6.07, 6.45) is 2.18. The van der Waals surface area contributed by atoms with Crippen LogP contribution in [-0.2, 0) is 14.3 Å². The molecule has 0 saturated heterocycles. The second kappa shape index (κ2) is 9.07. The Hall–Kier alpha value is -3.02. The van der Waals surface area contributed by atoms with E-state index in [2.05, 4.69) is 5.32 Å². The molecule has 1 unspecified atom stereocenters. The minimum absolute atomic E-state index is 0.0396. The van der Waals surface area contributed by atoms with E-state index >= 15 is 0 Å². The summed E-state index contributed by atoms with van der Waals surface area (Å²) >= 11 is 0. The Kier molecular flexibility index (Phi) is 6.30. The zero-order valence-electron chi connectivity index (χ0n) is 15.2. The predicted octanol–water partition coefficient (Wildman–Crippen LogP) is 2.88. The number of carbonyl (C=O) groups is 2. The van der Waals surface area contributed by atoms with Crippen molar-refractivity contribution in [2.75, 3.05) is 20.3 Å². The first-order valence-electron chi connectivity index (χ1n) is 8.93. The van der Waals surface area contributed by atoms with E-state index in [0.29, 0.717) is 17.4 Å². The molecular weight excluding hydrogens is 346 g/mol. The van der Waals surface area contributed by atoms with Gasteiger partial charge in [0.25, 0.3) is 5.91 Å². The lowest BCUT2D eigenvalue weighted by Crippen LogP contribution is -2.34. The number of hydrogen-bond donors (Lipinski definition) is 1. The van der Waals surface area contributed by atoms with Gasteiger partial charge in [0.1, 0.15) is 0 Å². The van der Waals surface area contributed by atoms with Crippen molar-refractivity contribution in [3.63, 3.8) is 0 Å². The SMILES string of the molecule is COc1ccccc1OCC(=O)OCC(=O)NC(c1ccccc1)C1CC1. The van der Waals surface area contributed by atoms with Crippen LogP contribution >= 0.6 is 0 Å². The summed E-state index contributed by atoms with van der Waals surface area (Å²) in [7, 11) is 1.52. The van der Waals surface area contributed by atoms with Gasteiger partial charge in [0.15, 0.2) is 24.7 Å². The first-order valence-corrected chi connectivity index (χ1v) is 8.93. The topological polar surface area (TPSA) is 73.9 Å². The molecule has 6 heteroatoms. The number of carbonyl (C=O) groups excluding carboxylic acids is 2. The van der Waals surface area contributed by atoms with Crippen molar-refractivity contribution in [3.05, 3.63) is 60.2 Å². The number of benzene rings is 2. The van der Waals surface area contributed by atoms with Crippen molar-refractivity contribution in [2.24, 2.45) is 5.92 Å². The van der Waals surface area contributed by atoms with Crippen LogP contribution in [0.3, 0.4) is 0 Å². The lowest BCUT2D eigenvalue weighted by Gasteiger charge is -2.18. The minimum atomic E-state index is -0.612. The van der Waals surface area contributed by atoms with E-state index in [1.807, 2.05) is 30.3 Å². The van der Waals surface area contributed by atoms with Gasteiger partial charge < -0.3 is 19.5 Å². The van der Waals surface area contributed by atoms with Crippen molar-refractivity contribution in [3.8, 4) is 11.5 Å². The average molecular weight is 369 g/mol. The molecule has 27 heavy (non-hydrogen) atoms. The quantitative estimate of drug-likeness (QED) is 0.688. The normalized spacial score (nSPS) is 14.1. The van der Waals surface area contributed by atoms with Crippen molar-refractivity contribution < 1.29 is 23.8 Å². The Morgan fingerprint density at radius 2 is 1.67 bits per heavy atom. The summed E-state index contributed by atoms with van der Waals surface area (Å²) in [5.41, 5.74) is 1.07. The van der Waals surface area contributed by atoms with E-state index < -0.39 is 5.97 Å². The zero-order chi connectivity index (χ0) is 19.1. The molecule has 1 fully saturated rings. The van der Waals surface area contributed by atoms with Crippen molar-refractivity contribution in [1.29, 1.82) is 0 Å². The second-order valence-electron chi connectivity index (χ2n) is 6.39. The van der Waals surface area contributed by atoms with Crippen LogP contribution in [-0.4, -0.2) is 32.2 Å². The molecule has 2 aromatic rings. The van der Waals surface area contributed by atoms with E-state index in [1.165, 1.54) is 7.11 Å². The molecule has 0 aliphatic heterocycles. The smallest absolute Gasteiger partial charge is 0.344 e. The van der Waals surface area contributed by atoms with Crippen LogP contribution in [0.2, 0.25) is 0 Å². The summed E-state index contributed by atoms with van der Waals surface area (Å²) in [4.78, 5) is 24.0. The van der Waals surface area contributed by atoms with E-state index in [4.69, 9.17) is 14.2 Å². The van der Waals surface area contributed by atoms with Gasteiger partial charge in [0.2, 0.25) is 0 Å². The molecular formula is C21H23NO5. The van der Waals surface area contributed by atoms with Gasteiger partial charge in [-0.3, -0.25) is 4.79 Å². The highest BCUT2D eigenvalue weighted by atomic mass is 16.6. The minimum Gasteiger partial charge on any atom is -0.493 e. The molecule has 0 bridgehead atoms. The maximum atomic E-state index is 12.2. The molecule has 1 aliphatic carbocycles. The summed E-state index contributed by atoms with van der Waals surface area (Å²) in [5.74, 6) is 0.485. The number of esters is 1. The van der Waals surface area contributed by atoms with Gasteiger partial charge in [0.05, 0.1) is 13.2 Å². The lowest BCUT2D eigenvalue weighted by atomic mass is 10.0. The molecule has 6 nitrogen and oxygen atoms in total. The van der Waals surface area contributed by atoms with Crippen LogP contribution in [0.25, 0.3) is 0 Å². The first-order chi connectivity index (χ1) is 13.2. The Bertz CT molecular complexity index is 773. The summed E-state index contributed by atoms with van der Waals surface area (Å²) < 4.78 is 15.6. The molecule has 1 amide bonds. The zero-order valence-corrected chi connectivity index (χ0v) is 15.2. The van der Waals surface area contributed by atoms with Crippen LogP contribution in [0.4, 0.5) is 0 Å². The number of hydrogen-bond acceptors (Lipinski definition) is 5. The lowest BCUT2D eigenvalue weighted by molar-refractivity contribution is -0.150. The molecule has 0 spiro atoms. The highest BCUT2D eigenvalue weighted by Crippen LogP contribution is 2.40. The Morgan fingerprint density at radius 3 is 2.33 bits per heavy atom. The predicted molar refractivity (Wildman–Crippen MR) is 99.5 cm³/mol. The third kappa shape index (κ3) is 5.48.